The van der Waals surface area contributed by atoms with Crippen LogP contribution in [-0.4, -0.2) is 36.1 Å². The fourth-order valence-corrected chi connectivity index (χ4v) is 2.43. The van der Waals surface area contributed by atoms with Gasteiger partial charge in [0, 0.05) is 26.3 Å². The van der Waals surface area contributed by atoms with Crippen molar-refractivity contribution in [2.75, 3.05) is 25.6 Å². The molecule has 8 heteroatoms. The van der Waals surface area contributed by atoms with Crippen LogP contribution in [0.15, 0.2) is 11.1 Å². The third kappa shape index (κ3) is 6.32. The third-order valence-electron chi connectivity index (χ3n) is 2.69. The molecule has 0 amide bonds. The second-order valence-corrected chi connectivity index (χ2v) is 5.78. The van der Waals surface area contributed by atoms with Gasteiger partial charge in [-0.2, -0.15) is 11.8 Å². The zero-order valence-corrected chi connectivity index (χ0v) is 16.5. The SMILES string of the molecule is CN=C(NCCCSC)NCc1cc(Cl)c(Cl)n1C.I. The normalized spacial score (nSPS) is 11.2. The fraction of sp³-hybridized carbons (Fsp3) is 0.583. The van der Waals surface area contributed by atoms with Gasteiger partial charge in [-0.1, -0.05) is 23.2 Å². The maximum absolute atomic E-state index is 6.02. The molecule has 2 N–H and O–H groups in total. The maximum atomic E-state index is 6.02. The second kappa shape index (κ2) is 10.9. The molecular weight excluding hydrogens is 430 g/mol. The number of nitrogens with zero attached hydrogens (tertiary/aromatic N) is 2. The van der Waals surface area contributed by atoms with Gasteiger partial charge in [-0.25, -0.2) is 0 Å². The Morgan fingerprint density at radius 3 is 2.60 bits per heavy atom. The zero-order valence-electron chi connectivity index (χ0n) is 11.9. The van der Waals surface area contributed by atoms with E-state index in [0.717, 1.165) is 30.4 Å². The molecule has 0 unspecified atom stereocenters. The van der Waals surface area contributed by atoms with Crippen molar-refractivity contribution in [3.8, 4) is 0 Å². The highest BCUT2D eigenvalue weighted by Crippen LogP contribution is 2.24. The summed E-state index contributed by atoms with van der Waals surface area (Å²) in [4.78, 5) is 4.17. The van der Waals surface area contributed by atoms with E-state index < -0.39 is 0 Å². The quantitative estimate of drug-likeness (QED) is 0.302. The molecule has 0 aliphatic heterocycles. The van der Waals surface area contributed by atoms with E-state index in [1.807, 2.05) is 29.4 Å². The maximum Gasteiger partial charge on any atom is 0.191 e. The van der Waals surface area contributed by atoms with Gasteiger partial charge in [0.2, 0.25) is 0 Å². The number of rotatable bonds is 6. The van der Waals surface area contributed by atoms with E-state index in [2.05, 4.69) is 21.9 Å². The molecule has 0 spiro atoms. The largest absolute Gasteiger partial charge is 0.356 e. The van der Waals surface area contributed by atoms with Crippen LogP contribution in [0.5, 0.6) is 0 Å². The van der Waals surface area contributed by atoms with Crippen molar-refractivity contribution >= 4 is 64.9 Å². The smallest absolute Gasteiger partial charge is 0.191 e. The van der Waals surface area contributed by atoms with Crippen LogP contribution >= 0.6 is 58.9 Å². The Morgan fingerprint density at radius 1 is 1.40 bits per heavy atom. The van der Waals surface area contributed by atoms with E-state index in [9.17, 15) is 0 Å². The molecular formula is C12H21Cl2IN4S. The van der Waals surface area contributed by atoms with Gasteiger partial charge < -0.3 is 15.2 Å². The molecule has 4 nitrogen and oxygen atoms in total. The summed E-state index contributed by atoms with van der Waals surface area (Å²) in [5.74, 6) is 1.93. The Balaban J connectivity index is 0.00000361. The van der Waals surface area contributed by atoms with Gasteiger partial charge in [0.15, 0.2) is 5.96 Å². The average Bonchev–Trinajstić information content (AvgIpc) is 2.65. The van der Waals surface area contributed by atoms with E-state index >= 15 is 0 Å². The first kappa shape index (κ1) is 20.2. The standard InChI is InChI=1S/C12H20Cl2N4S.HI/c1-15-12(16-5-4-6-19-3)17-8-9-7-10(13)11(14)18(9)2;/h7H,4-6,8H2,1-3H3,(H2,15,16,17);1H. The lowest BCUT2D eigenvalue weighted by molar-refractivity contribution is 0.743. The van der Waals surface area contributed by atoms with Gasteiger partial charge in [0.1, 0.15) is 5.15 Å². The number of aromatic nitrogens is 1. The average molecular weight is 451 g/mol. The minimum Gasteiger partial charge on any atom is -0.356 e. The molecule has 1 aromatic heterocycles. The summed E-state index contributed by atoms with van der Waals surface area (Å²) in [5, 5.41) is 7.63. The van der Waals surface area contributed by atoms with E-state index in [1.54, 1.807) is 7.05 Å². The molecule has 1 rings (SSSR count). The van der Waals surface area contributed by atoms with Crippen molar-refractivity contribution in [2.45, 2.75) is 13.0 Å². The Bertz CT molecular complexity index is 437. The molecule has 1 heterocycles. The first-order valence-electron chi connectivity index (χ1n) is 6.03. The number of hydrogen-bond donors (Lipinski definition) is 2. The lowest BCUT2D eigenvalue weighted by atomic mass is 10.4. The molecule has 0 radical (unpaired) electrons. The Labute approximate surface area is 152 Å². The summed E-state index contributed by atoms with van der Waals surface area (Å²) in [5.41, 5.74) is 1.02. The highest BCUT2D eigenvalue weighted by Gasteiger charge is 2.09. The predicted octanol–water partition coefficient (Wildman–Crippen LogP) is 3.37. The Hall–Kier alpha value is 0.210. The molecule has 0 fully saturated rings. The molecule has 116 valence electrons. The highest BCUT2D eigenvalue weighted by molar-refractivity contribution is 14.0. The molecule has 0 bridgehead atoms. The van der Waals surface area contributed by atoms with Crippen LogP contribution in [0, 0.1) is 0 Å². The summed E-state index contributed by atoms with van der Waals surface area (Å²) in [6.45, 7) is 1.54. The molecule has 0 aliphatic rings. The summed E-state index contributed by atoms with van der Waals surface area (Å²) in [6.07, 6.45) is 3.22. The minimum absolute atomic E-state index is 0. The second-order valence-electron chi connectivity index (χ2n) is 4.03. The number of thioether (sulfide) groups is 1. The van der Waals surface area contributed by atoms with Crippen LogP contribution in [0.4, 0.5) is 0 Å². The van der Waals surface area contributed by atoms with Gasteiger partial charge in [-0.3, -0.25) is 4.99 Å². The van der Waals surface area contributed by atoms with Gasteiger partial charge in [-0.05, 0) is 24.5 Å². The molecule has 20 heavy (non-hydrogen) atoms. The van der Waals surface area contributed by atoms with Crippen LogP contribution in [0.25, 0.3) is 0 Å². The van der Waals surface area contributed by atoms with Crippen LogP contribution in [0.3, 0.4) is 0 Å². The van der Waals surface area contributed by atoms with Gasteiger partial charge in [-0.15, -0.1) is 24.0 Å². The van der Waals surface area contributed by atoms with Crippen molar-refractivity contribution < 1.29 is 0 Å². The Morgan fingerprint density at radius 2 is 2.10 bits per heavy atom. The van der Waals surface area contributed by atoms with Crippen LogP contribution in [0.1, 0.15) is 12.1 Å². The van der Waals surface area contributed by atoms with Crippen LogP contribution in [-0.2, 0) is 13.6 Å². The number of halogens is 3. The fourth-order valence-electron chi connectivity index (χ4n) is 1.58. The summed E-state index contributed by atoms with van der Waals surface area (Å²) < 4.78 is 1.86. The minimum atomic E-state index is 0. The molecule has 0 saturated heterocycles. The van der Waals surface area contributed by atoms with Gasteiger partial charge in [0.25, 0.3) is 0 Å². The summed E-state index contributed by atoms with van der Waals surface area (Å²) in [7, 11) is 3.65. The lowest BCUT2D eigenvalue weighted by Crippen LogP contribution is -2.37. The number of nitrogens with one attached hydrogen (secondary N) is 2. The number of aliphatic imine (C=N–C) groups is 1. The first-order valence-corrected chi connectivity index (χ1v) is 8.18. The molecule has 1 aromatic rings. The van der Waals surface area contributed by atoms with Crippen molar-refractivity contribution in [1.29, 1.82) is 0 Å². The van der Waals surface area contributed by atoms with E-state index in [-0.39, 0.29) is 24.0 Å². The number of hydrogen-bond acceptors (Lipinski definition) is 2. The predicted molar refractivity (Wildman–Crippen MR) is 102 cm³/mol. The molecule has 0 aromatic carbocycles. The van der Waals surface area contributed by atoms with E-state index in [1.165, 1.54) is 0 Å². The molecule has 0 saturated carbocycles. The Kier molecular flexibility index (Phi) is 11.0. The van der Waals surface area contributed by atoms with Crippen molar-refractivity contribution in [1.82, 2.24) is 15.2 Å². The van der Waals surface area contributed by atoms with E-state index in [4.69, 9.17) is 23.2 Å². The van der Waals surface area contributed by atoms with E-state index in [0.29, 0.717) is 16.7 Å². The van der Waals surface area contributed by atoms with Gasteiger partial charge >= 0.3 is 0 Å². The molecule has 0 atom stereocenters. The zero-order chi connectivity index (χ0) is 14.3. The first-order chi connectivity index (χ1) is 9.10. The highest BCUT2D eigenvalue weighted by atomic mass is 127. The van der Waals surface area contributed by atoms with Crippen molar-refractivity contribution in [2.24, 2.45) is 12.0 Å². The number of guanidine groups is 1. The van der Waals surface area contributed by atoms with Crippen molar-refractivity contribution in [3.05, 3.63) is 21.9 Å². The van der Waals surface area contributed by atoms with Crippen LogP contribution < -0.4 is 10.6 Å². The third-order valence-corrected chi connectivity index (χ3v) is 4.23. The monoisotopic (exact) mass is 450 g/mol. The summed E-state index contributed by atoms with van der Waals surface area (Å²) in [6, 6.07) is 1.86. The molecule has 0 aliphatic carbocycles. The topological polar surface area (TPSA) is 41.4 Å². The lowest BCUT2D eigenvalue weighted by Gasteiger charge is -2.12. The van der Waals surface area contributed by atoms with Gasteiger partial charge in [0.05, 0.1) is 11.6 Å². The van der Waals surface area contributed by atoms with Crippen LogP contribution in [0.2, 0.25) is 10.2 Å². The summed E-state index contributed by atoms with van der Waals surface area (Å²) >= 11 is 13.8. The van der Waals surface area contributed by atoms with Crippen molar-refractivity contribution in [3.63, 3.8) is 0 Å².